The minimum absolute atomic E-state index is 0.0649. The van der Waals surface area contributed by atoms with Crippen molar-refractivity contribution >= 4 is 29.2 Å². The maximum Gasteiger partial charge on any atom is 0.331 e. The average molecular weight is 316 g/mol. The van der Waals surface area contributed by atoms with Crippen molar-refractivity contribution in [1.82, 2.24) is 10.2 Å². The van der Waals surface area contributed by atoms with Crippen molar-refractivity contribution in [3.63, 3.8) is 0 Å². The predicted molar refractivity (Wildman–Crippen MR) is 86.5 cm³/mol. The molecule has 0 saturated carbocycles. The smallest absolute Gasteiger partial charge is 0.331 e. The van der Waals surface area contributed by atoms with Crippen molar-refractivity contribution in [2.45, 2.75) is 19.4 Å². The molecule has 0 aromatic heterocycles. The Kier molecular flexibility index (Phi) is 3.71. The van der Waals surface area contributed by atoms with Gasteiger partial charge in [0.25, 0.3) is 5.91 Å². The van der Waals surface area contributed by atoms with E-state index >= 15 is 0 Å². The lowest BCUT2D eigenvalue weighted by molar-refractivity contribution is -0.120. The van der Waals surface area contributed by atoms with Crippen LogP contribution in [-0.2, 0) is 16.0 Å². The summed E-state index contributed by atoms with van der Waals surface area (Å²) in [6, 6.07) is 4.77. The second-order valence-electron chi connectivity index (χ2n) is 5.90. The molecule has 0 spiro atoms. The number of amides is 4. The van der Waals surface area contributed by atoms with Crippen molar-refractivity contribution < 1.29 is 14.4 Å². The zero-order valence-electron chi connectivity index (χ0n) is 13.5. The number of benzene rings is 1. The molecule has 1 fully saturated rings. The molecule has 4 amide bonds. The second-order valence-corrected chi connectivity index (χ2v) is 5.90. The maximum absolute atomic E-state index is 12.3. The third-order valence-electron chi connectivity index (χ3n) is 4.58. The van der Waals surface area contributed by atoms with E-state index in [-0.39, 0.29) is 24.4 Å². The molecule has 2 aliphatic heterocycles. The second kappa shape index (κ2) is 5.57. The van der Waals surface area contributed by atoms with E-state index in [0.29, 0.717) is 5.69 Å². The molecule has 1 saturated heterocycles. The monoisotopic (exact) mass is 316 g/mol. The van der Waals surface area contributed by atoms with Gasteiger partial charge in [-0.25, -0.2) is 9.69 Å². The van der Waals surface area contributed by atoms with Crippen LogP contribution in [0.1, 0.15) is 12.5 Å². The molecule has 0 radical (unpaired) electrons. The fourth-order valence-corrected chi connectivity index (χ4v) is 3.00. The van der Waals surface area contributed by atoms with Gasteiger partial charge in [-0.05, 0) is 31.0 Å². The molecule has 0 aliphatic carbocycles. The Morgan fingerprint density at radius 3 is 2.70 bits per heavy atom. The third kappa shape index (κ3) is 2.42. The van der Waals surface area contributed by atoms with Gasteiger partial charge in [0.1, 0.15) is 6.04 Å². The van der Waals surface area contributed by atoms with Gasteiger partial charge >= 0.3 is 6.03 Å². The van der Waals surface area contributed by atoms with Crippen LogP contribution in [0.25, 0.3) is 0 Å². The molecule has 1 atom stereocenters. The van der Waals surface area contributed by atoms with E-state index in [9.17, 15) is 14.4 Å². The number of rotatable bonds is 3. The Bertz CT molecular complexity index is 668. The van der Waals surface area contributed by atoms with Gasteiger partial charge in [-0.1, -0.05) is 6.07 Å². The summed E-state index contributed by atoms with van der Waals surface area (Å²) in [6.07, 6.45) is 0.852. The SMILES string of the molecule is CNC(=O)CN1CCc2ccc(N3C(=O)C(C)N(C)C3=O)cc21. The van der Waals surface area contributed by atoms with E-state index in [2.05, 4.69) is 5.32 Å². The van der Waals surface area contributed by atoms with Crippen LogP contribution >= 0.6 is 0 Å². The van der Waals surface area contributed by atoms with E-state index in [4.69, 9.17) is 0 Å². The number of hydrogen-bond acceptors (Lipinski definition) is 4. The van der Waals surface area contributed by atoms with Crippen molar-refractivity contribution in [3.8, 4) is 0 Å². The standard InChI is InChI=1S/C16H20N4O3/c1-10-15(22)20(16(23)18(10)3)12-5-4-11-6-7-19(13(11)8-12)9-14(21)17-2/h4-5,8,10H,6-7,9H2,1-3H3,(H,17,21). The van der Waals surface area contributed by atoms with E-state index in [0.717, 1.165) is 24.2 Å². The first-order valence-electron chi connectivity index (χ1n) is 7.63. The number of carbonyl (C=O) groups is 3. The summed E-state index contributed by atoms with van der Waals surface area (Å²) in [7, 11) is 3.23. The number of urea groups is 1. The molecular formula is C16H20N4O3. The quantitative estimate of drug-likeness (QED) is 0.828. The van der Waals surface area contributed by atoms with Crippen LogP contribution in [-0.4, -0.2) is 56.0 Å². The number of hydrogen-bond donors (Lipinski definition) is 1. The Labute approximate surface area is 134 Å². The molecule has 1 aromatic carbocycles. The van der Waals surface area contributed by atoms with E-state index in [1.807, 2.05) is 17.0 Å². The third-order valence-corrected chi connectivity index (χ3v) is 4.58. The first kappa shape index (κ1) is 15.3. The van der Waals surface area contributed by atoms with Crippen molar-refractivity contribution in [3.05, 3.63) is 23.8 Å². The molecule has 1 unspecified atom stereocenters. The van der Waals surface area contributed by atoms with Crippen LogP contribution in [0, 0.1) is 0 Å². The van der Waals surface area contributed by atoms with Crippen LogP contribution in [0.3, 0.4) is 0 Å². The van der Waals surface area contributed by atoms with Crippen LogP contribution in [0.4, 0.5) is 16.2 Å². The molecule has 2 aliphatic rings. The minimum Gasteiger partial charge on any atom is -0.362 e. The van der Waals surface area contributed by atoms with E-state index < -0.39 is 6.04 Å². The molecule has 7 nitrogen and oxygen atoms in total. The Hall–Kier alpha value is -2.57. The number of likely N-dealkylation sites (N-methyl/N-ethyl adjacent to an activating group) is 2. The van der Waals surface area contributed by atoms with Gasteiger partial charge in [-0.3, -0.25) is 9.59 Å². The highest BCUT2D eigenvalue weighted by atomic mass is 16.2. The molecular weight excluding hydrogens is 296 g/mol. The summed E-state index contributed by atoms with van der Waals surface area (Å²) >= 11 is 0. The van der Waals surface area contributed by atoms with Gasteiger partial charge in [0, 0.05) is 26.3 Å². The number of carbonyl (C=O) groups excluding carboxylic acids is 3. The van der Waals surface area contributed by atoms with E-state index in [1.54, 1.807) is 27.1 Å². The average Bonchev–Trinajstić information content (AvgIpc) is 3.02. The molecule has 0 bridgehead atoms. The lowest BCUT2D eigenvalue weighted by Crippen LogP contribution is -2.35. The van der Waals surface area contributed by atoms with E-state index in [1.165, 1.54) is 9.80 Å². The first-order valence-corrected chi connectivity index (χ1v) is 7.63. The topological polar surface area (TPSA) is 73.0 Å². The van der Waals surface area contributed by atoms with Crippen LogP contribution < -0.4 is 15.1 Å². The summed E-state index contributed by atoms with van der Waals surface area (Å²) in [6.45, 7) is 2.74. The highest BCUT2D eigenvalue weighted by Crippen LogP contribution is 2.34. The number of fused-ring (bicyclic) bond motifs is 1. The van der Waals surface area contributed by atoms with Crippen molar-refractivity contribution in [1.29, 1.82) is 0 Å². The summed E-state index contributed by atoms with van der Waals surface area (Å²) < 4.78 is 0. The fourth-order valence-electron chi connectivity index (χ4n) is 3.00. The molecule has 2 heterocycles. The molecule has 1 aromatic rings. The summed E-state index contributed by atoms with van der Waals surface area (Å²) in [5, 5.41) is 2.61. The van der Waals surface area contributed by atoms with Gasteiger partial charge in [-0.2, -0.15) is 0 Å². The highest BCUT2D eigenvalue weighted by molar-refractivity contribution is 6.21. The summed E-state index contributed by atoms with van der Waals surface area (Å²) in [4.78, 5) is 40.8. The van der Waals surface area contributed by atoms with Gasteiger partial charge in [0.2, 0.25) is 5.91 Å². The van der Waals surface area contributed by atoms with Crippen molar-refractivity contribution in [2.75, 3.05) is 37.0 Å². The molecule has 3 rings (SSSR count). The summed E-state index contributed by atoms with van der Waals surface area (Å²) in [5.74, 6) is -0.293. The highest BCUT2D eigenvalue weighted by Gasteiger charge is 2.41. The van der Waals surface area contributed by atoms with Crippen molar-refractivity contribution in [2.24, 2.45) is 0 Å². The fraction of sp³-hybridized carbons (Fsp3) is 0.438. The first-order chi connectivity index (χ1) is 10.9. The lowest BCUT2D eigenvalue weighted by atomic mass is 10.1. The van der Waals surface area contributed by atoms with Gasteiger partial charge < -0.3 is 15.1 Å². The minimum atomic E-state index is -0.460. The van der Waals surface area contributed by atoms with Gasteiger partial charge in [-0.15, -0.1) is 0 Å². The Balaban J connectivity index is 1.92. The predicted octanol–water partition coefficient (Wildman–Crippen LogP) is 0.582. The zero-order chi connectivity index (χ0) is 16.7. The Morgan fingerprint density at radius 2 is 2.09 bits per heavy atom. The zero-order valence-corrected chi connectivity index (χ0v) is 13.5. The van der Waals surface area contributed by atoms with Crippen LogP contribution in [0.5, 0.6) is 0 Å². The number of anilines is 2. The van der Waals surface area contributed by atoms with Crippen LogP contribution in [0.2, 0.25) is 0 Å². The Morgan fingerprint density at radius 1 is 1.35 bits per heavy atom. The molecule has 122 valence electrons. The molecule has 1 N–H and O–H groups in total. The normalized spacial score (nSPS) is 20.3. The number of imide groups is 1. The molecule has 23 heavy (non-hydrogen) atoms. The summed E-state index contributed by atoms with van der Waals surface area (Å²) in [5.41, 5.74) is 2.59. The lowest BCUT2D eigenvalue weighted by Gasteiger charge is -2.20. The maximum atomic E-state index is 12.3. The van der Waals surface area contributed by atoms with Crippen LogP contribution in [0.15, 0.2) is 18.2 Å². The largest absolute Gasteiger partial charge is 0.362 e. The number of nitrogens with one attached hydrogen (secondary N) is 1. The number of nitrogens with zero attached hydrogens (tertiary/aromatic N) is 3. The van der Waals surface area contributed by atoms with Gasteiger partial charge in [0.15, 0.2) is 0 Å². The van der Waals surface area contributed by atoms with Gasteiger partial charge in [0.05, 0.1) is 12.2 Å². The molecule has 7 heteroatoms.